The fourth-order valence-corrected chi connectivity index (χ4v) is 5.52. The van der Waals surface area contributed by atoms with Crippen LogP contribution in [-0.4, -0.2) is 26.8 Å². The van der Waals surface area contributed by atoms with Crippen molar-refractivity contribution in [3.63, 3.8) is 0 Å². The minimum atomic E-state index is -3.59. The Morgan fingerprint density at radius 2 is 1.87 bits per heavy atom. The highest BCUT2D eigenvalue weighted by Gasteiger charge is 2.33. The molecule has 1 aliphatic rings. The molecular weight excluding hydrogens is 330 g/mol. The zero-order valence-electron chi connectivity index (χ0n) is 13.1. The molecule has 0 N–H and O–H groups in total. The van der Waals surface area contributed by atoms with Gasteiger partial charge in [-0.1, -0.05) is 12.1 Å². The SMILES string of the molecule is CCOc1ccc(S(=O)(=O)N2c3ccccc3SCC2C)cc1. The molecule has 2 aromatic rings. The molecule has 0 saturated carbocycles. The van der Waals surface area contributed by atoms with Crippen LogP contribution in [0, 0.1) is 0 Å². The fourth-order valence-electron chi connectivity index (χ4n) is 2.63. The molecule has 6 heteroatoms. The van der Waals surface area contributed by atoms with Crippen LogP contribution in [0.3, 0.4) is 0 Å². The molecule has 0 bridgehead atoms. The van der Waals surface area contributed by atoms with Crippen molar-refractivity contribution < 1.29 is 13.2 Å². The van der Waals surface area contributed by atoms with Gasteiger partial charge < -0.3 is 4.74 Å². The van der Waals surface area contributed by atoms with Crippen molar-refractivity contribution in [3.05, 3.63) is 48.5 Å². The number of benzene rings is 2. The lowest BCUT2D eigenvalue weighted by molar-refractivity contribution is 0.340. The molecule has 1 heterocycles. The summed E-state index contributed by atoms with van der Waals surface area (Å²) in [6.45, 7) is 4.39. The van der Waals surface area contributed by atoms with Crippen LogP contribution in [0.5, 0.6) is 5.75 Å². The number of nitrogens with zero attached hydrogens (tertiary/aromatic N) is 1. The fraction of sp³-hybridized carbons (Fsp3) is 0.294. The highest BCUT2D eigenvalue weighted by Crippen LogP contribution is 2.40. The molecule has 0 radical (unpaired) electrons. The molecule has 122 valence electrons. The maximum absolute atomic E-state index is 13.1. The van der Waals surface area contributed by atoms with E-state index >= 15 is 0 Å². The third kappa shape index (κ3) is 3.05. The van der Waals surface area contributed by atoms with Crippen molar-refractivity contribution in [2.45, 2.75) is 29.7 Å². The van der Waals surface area contributed by atoms with Gasteiger partial charge in [0.05, 0.1) is 23.2 Å². The van der Waals surface area contributed by atoms with E-state index in [0.29, 0.717) is 12.4 Å². The maximum atomic E-state index is 13.1. The smallest absolute Gasteiger partial charge is 0.264 e. The summed E-state index contributed by atoms with van der Waals surface area (Å²) in [5.74, 6) is 1.42. The molecule has 1 aliphatic heterocycles. The van der Waals surface area contributed by atoms with Crippen molar-refractivity contribution in [2.75, 3.05) is 16.7 Å². The lowest BCUT2D eigenvalue weighted by Gasteiger charge is -2.35. The van der Waals surface area contributed by atoms with E-state index in [1.807, 2.05) is 38.1 Å². The Kier molecular flexibility index (Phi) is 4.55. The molecule has 0 saturated heterocycles. The summed E-state index contributed by atoms with van der Waals surface area (Å²) in [6, 6.07) is 14.2. The van der Waals surface area contributed by atoms with Crippen molar-refractivity contribution in [1.29, 1.82) is 0 Å². The first kappa shape index (κ1) is 16.2. The van der Waals surface area contributed by atoms with Crippen LogP contribution in [0.1, 0.15) is 13.8 Å². The van der Waals surface area contributed by atoms with Crippen LogP contribution in [0.15, 0.2) is 58.3 Å². The molecule has 0 spiro atoms. The first-order valence-electron chi connectivity index (χ1n) is 7.53. The van der Waals surface area contributed by atoms with Gasteiger partial charge in [-0.3, -0.25) is 4.31 Å². The van der Waals surface area contributed by atoms with Crippen molar-refractivity contribution in [3.8, 4) is 5.75 Å². The summed E-state index contributed by atoms with van der Waals surface area (Å²) in [6.07, 6.45) is 0. The summed E-state index contributed by atoms with van der Waals surface area (Å²) < 4.78 is 33.1. The lowest BCUT2D eigenvalue weighted by Crippen LogP contribution is -2.42. The zero-order chi connectivity index (χ0) is 16.4. The quantitative estimate of drug-likeness (QED) is 0.843. The minimum Gasteiger partial charge on any atom is -0.494 e. The van der Waals surface area contributed by atoms with Crippen LogP contribution in [-0.2, 0) is 10.0 Å². The van der Waals surface area contributed by atoms with Gasteiger partial charge in [-0.15, -0.1) is 11.8 Å². The van der Waals surface area contributed by atoms with E-state index in [1.54, 1.807) is 36.0 Å². The Labute approximate surface area is 141 Å². The first-order chi connectivity index (χ1) is 11.0. The van der Waals surface area contributed by atoms with Crippen molar-refractivity contribution in [2.24, 2.45) is 0 Å². The number of para-hydroxylation sites is 1. The normalized spacial score (nSPS) is 17.7. The molecule has 0 fully saturated rings. The highest BCUT2D eigenvalue weighted by molar-refractivity contribution is 8.00. The first-order valence-corrected chi connectivity index (χ1v) is 9.95. The third-order valence-corrected chi connectivity index (χ3v) is 6.92. The Morgan fingerprint density at radius 3 is 2.57 bits per heavy atom. The van der Waals surface area contributed by atoms with E-state index in [0.717, 1.165) is 16.3 Å². The van der Waals surface area contributed by atoms with E-state index < -0.39 is 10.0 Å². The monoisotopic (exact) mass is 349 g/mol. The molecular formula is C17H19NO3S2. The van der Waals surface area contributed by atoms with Gasteiger partial charge in [-0.25, -0.2) is 8.42 Å². The van der Waals surface area contributed by atoms with Crippen LogP contribution >= 0.6 is 11.8 Å². The molecule has 0 aliphatic carbocycles. The second-order valence-corrected chi connectivity index (χ2v) is 8.21. The lowest BCUT2D eigenvalue weighted by atomic mass is 10.3. The standard InChI is InChI=1S/C17H19NO3S2/c1-3-21-14-8-10-15(11-9-14)23(19,20)18-13(2)12-22-17-7-5-4-6-16(17)18/h4-11,13H,3,12H2,1-2H3. The average Bonchev–Trinajstić information content (AvgIpc) is 2.55. The van der Waals surface area contributed by atoms with Gasteiger partial charge in [0.15, 0.2) is 0 Å². The van der Waals surface area contributed by atoms with E-state index in [2.05, 4.69) is 0 Å². The summed E-state index contributed by atoms with van der Waals surface area (Å²) >= 11 is 1.69. The molecule has 4 nitrogen and oxygen atoms in total. The Morgan fingerprint density at radius 1 is 1.17 bits per heavy atom. The van der Waals surface area contributed by atoms with Gasteiger partial charge >= 0.3 is 0 Å². The minimum absolute atomic E-state index is 0.0912. The Balaban J connectivity index is 2.02. The van der Waals surface area contributed by atoms with Crippen molar-refractivity contribution >= 4 is 27.5 Å². The number of hydrogen-bond donors (Lipinski definition) is 0. The number of ether oxygens (including phenoxy) is 1. The summed E-state index contributed by atoms with van der Waals surface area (Å²) in [5.41, 5.74) is 0.755. The van der Waals surface area contributed by atoms with E-state index in [1.165, 1.54) is 4.31 Å². The molecule has 0 amide bonds. The predicted octanol–water partition coefficient (Wildman–Crippen LogP) is 3.77. The zero-order valence-corrected chi connectivity index (χ0v) is 14.7. The van der Waals surface area contributed by atoms with Gasteiger partial charge in [0.2, 0.25) is 0 Å². The van der Waals surface area contributed by atoms with Crippen LogP contribution < -0.4 is 9.04 Å². The van der Waals surface area contributed by atoms with Crippen LogP contribution in [0.2, 0.25) is 0 Å². The average molecular weight is 349 g/mol. The molecule has 2 aromatic carbocycles. The summed E-state index contributed by atoms with van der Waals surface area (Å²) in [7, 11) is -3.59. The largest absolute Gasteiger partial charge is 0.494 e. The summed E-state index contributed by atoms with van der Waals surface area (Å²) in [5, 5.41) is 0. The van der Waals surface area contributed by atoms with E-state index in [9.17, 15) is 8.42 Å². The topological polar surface area (TPSA) is 46.6 Å². The molecule has 1 atom stereocenters. The molecule has 3 rings (SSSR count). The van der Waals surface area contributed by atoms with Crippen LogP contribution in [0.4, 0.5) is 5.69 Å². The number of anilines is 1. The second-order valence-electron chi connectivity index (χ2n) is 5.33. The van der Waals surface area contributed by atoms with Gasteiger partial charge in [0.25, 0.3) is 10.0 Å². The predicted molar refractivity (Wildman–Crippen MR) is 93.9 cm³/mol. The Hall–Kier alpha value is -1.66. The van der Waals surface area contributed by atoms with Crippen LogP contribution in [0.25, 0.3) is 0 Å². The molecule has 0 aromatic heterocycles. The van der Waals surface area contributed by atoms with Crippen molar-refractivity contribution in [1.82, 2.24) is 0 Å². The number of thioether (sulfide) groups is 1. The summed E-state index contributed by atoms with van der Waals surface area (Å²) in [4.78, 5) is 1.29. The Bertz CT molecular complexity index is 788. The van der Waals surface area contributed by atoms with Gasteiger partial charge in [-0.05, 0) is 50.2 Å². The van der Waals surface area contributed by atoms with Gasteiger partial charge in [0.1, 0.15) is 5.75 Å². The highest BCUT2D eigenvalue weighted by atomic mass is 32.2. The molecule has 23 heavy (non-hydrogen) atoms. The van der Waals surface area contributed by atoms with E-state index in [-0.39, 0.29) is 10.9 Å². The van der Waals surface area contributed by atoms with Gasteiger partial charge in [0, 0.05) is 10.6 Å². The second kappa shape index (κ2) is 6.45. The number of sulfonamides is 1. The number of fused-ring (bicyclic) bond motifs is 1. The van der Waals surface area contributed by atoms with E-state index in [4.69, 9.17) is 4.74 Å². The maximum Gasteiger partial charge on any atom is 0.264 e. The number of rotatable bonds is 4. The molecule has 1 unspecified atom stereocenters. The number of hydrogen-bond acceptors (Lipinski definition) is 4. The van der Waals surface area contributed by atoms with Gasteiger partial charge in [-0.2, -0.15) is 0 Å². The third-order valence-electron chi connectivity index (χ3n) is 3.67.